The first-order chi connectivity index (χ1) is 21.7. The van der Waals surface area contributed by atoms with Gasteiger partial charge in [0.05, 0.1) is 44.1 Å². The number of Topliss-reactive ketones (excluding diaryl/α,β-unsaturated/α-hetero) is 2. The minimum atomic E-state index is -1.88. The molecule has 2 amide bonds. The van der Waals surface area contributed by atoms with Gasteiger partial charge in [0.1, 0.15) is 11.3 Å². The number of nitrogens with zero attached hydrogens (tertiary/aromatic N) is 2. The number of ketones is 2. The number of hydrogen-bond donors (Lipinski definition) is 3. The second-order valence-corrected chi connectivity index (χ2v) is 12.0. The Bertz CT molecular complexity index is 1190. The van der Waals surface area contributed by atoms with Gasteiger partial charge in [0.25, 0.3) is 0 Å². The van der Waals surface area contributed by atoms with E-state index in [1.165, 1.54) is 0 Å². The molecule has 16 heteroatoms. The summed E-state index contributed by atoms with van der Waals surface area (Å²) in [4.78, 5) is 38.1. The first kappa shape index (κ1) is 36.6. The van der Waals surface area contributed by atoms with Gasteiger partial charge in [0, 0.05) is 43.5 Å². The maximum absolute atomic E-state index is 14.1. The summed E-state index contributed by atoms with van der Waals surface area (Å²) in [6.07, 6.45) is 5.77. The maximum atomic E-state index is 14.1. The van der Waals surface area contributed by atoms with Crippen molar-refractivity contribution in [2.24, 2.45) is 5.11 Å². The molecule has 2 saturated heterocycles. The number of rotatable bonds is 23. The van der Waals surface area contributed by atoms with Crippen molar-refractivity contribution in [1.29, 1.82) is 5.53 Å². The molecule has 1 aromatic rings. The Hall–Kier alpha value is -2.91. The molecule has 2 heterocycles. The summed E-state index contributed by atoms with van der Waals surface area (Å²) in [5, 5.41) is 9.05. The number of hydrogen-bond acceptors (Lipinski definition) is 9. The average Bonchev–Trinajstić information content (AvgIpc) is 3.57. The van der Waals surface area contributed by atoms with E-state index >= 15 is 0 Å². The highest BCUT2D eigenvalue weighted by molar-refractivity contribution is 8.00. The molecule has 45 heavy (non-hydrogen) atoms. The van der Waals surface area contributed by atoms with Gasteiger partial charge < -0.3 is 24.8 Å². The zero-order valence-electron chi connectivity index (χ0n) is 25.0. The third kappa shape index (κ3) is 11.4. The fraction of sp³-hybridized carbons (Fsp3) is 0.690. The lowest BCUT2D eigenvalue weighted by molar-refractivity contribution is -0.119. The fourth-order valence-electron chi connectivity index (χ4n) is 5.12. The van der Waals surface area contributed by atoms with Crippen molar-refractivity contribution in [3.8, 4) is 0 Å². The van der Waals surface area contributed by atoms with Crippen molar-refractivity contribution in [3.05, 3.63) is 28.8 Å². The van der Waals surface area contributed by atoms with Crippen LogP contribution in [0.4, 0.5) is 28.0 Å². The number of thioether (sulfide) groups is 1. The molecule has 3 rings (SSSR count). The van der Waals surface area contributed by atoms with Gasteiger partial charge in [-0.25, -0.2) is 22.4 Å². The van der Waals surface area contributed by atoms with Crippen molar-refractivity contribution in [2.45, 2.75) is 81.5 Å². The van der Waals surface area contributed by atoms with Crippen molar-refractivity contribution in [1.82, 2.24) is 15.5 Å². The van der Waals surface area contributed by atoms with Gasteiger partial charge in [0.15, 0.2) is 34.2 Å². The van der Waals surface area contributed by atoms with Gasteiger partial charge in [0.2, 0.25) is 10.6 Å². The number of fused-ring (bicyclic) bond motifs is 1. The van der Waals surface area contributed by atoms with Crippen LogP contribution >= 0.6 is 11.8 Å². The van der Waals surface area contributed by atoms with Crippen molar-refractivity contribution in [3.63, 3.8) is 0 Å². The molecule has 2 aliphatic heterocycles. The second kappa shape index (κ2) is 19.6. The smallest absolute Gasteiger partial charge is 0.315 e. The Balaban J connectivity index is 1.09. The topological polar surface area (TPSA) is 153 Å². The summed E-state index contributed by atoms with van der Waals surface area (Å²) in [5.74, 6) is -7.40. The molecule has 2 aliphatic rings. The predicted octanol–water partition coefficient (Wildman–Crippen LogP) is 5.29. The molecule has 11 nitrogen and oxygen atoms in total. The van der Waals surface area contributed by atoms with E-state index in [1.807, 2.05) is 11.8 Å². The minimum Gasteiger partial charge on any atom is -0.379 e. The molecular formula is C29H40F4N5O6S+. The molecule has 2 fully saturated rings. The number of amides is 2. The van der Waals surface area contributed by atoms with E-state index in [-0.39, 0.29) is 50.0 Å². The molecule has 250 valence electrons. The van der Waals surface area contributed by atoms with Gasteiger partial charge in [-0.2, -0.15) is 11.8 Å². The summed E-state index contributed by atoms with van der Waals surface area (Å²) in [7, 11) is 0. The number of halogens is 4. The third-order valence-corrected chi connectivity index (χ3v) is 8.99. The van der Waals surface area contributed by atoms with Crippen LogP contribution in [0.25, 0.3) is 0 Å². The summed E-state index contributed by atoms with van der Waals surface area (Å²) >= 11 is 1.89. The Kier molecular flexibility index (Phi) is 15.9. The molecule has 0 saturated carbocycles. The molecule has 0 spiro atoms. The summed E-state index contributed by atoms with van der Waals surface area (Å²) in [6.45, 7) is 2.19. The number of benzene rings is 1. The number of unbranched alkanes of at least 4 members (excludes halogenated alkanes) is 3. The average molecular weight is 663 g/mol. The van der Waals surface area contributed by atoms with Crippen LogP contribution < -0.4 is 15.5 Å². The minimum absolute atomic E-state index is 0.0773. The first-order valence-corrected chi connectivity index (χ1v) is 16.2. The molecule has 0 aliphatic carbocycles. The van der Waals surface area contributed by atoms with Crippen LogP contribution in [0.5, 0.6) is 0 Å². The highest BCUT2D eigenvalue weighted by Crippen LogP contribution is 2.33. The molecule has 0 aromatic heterocycles. The Morgan fingerprint density at radius 3 is 1.96 bits per heavy atom. The molecule has 3 N–H and O–H groups in total. The number of nitrogens with one attached hydrogen (secondary N) is 3. The standard InChI is InChI=1S/C29H39F4N5O6S/c30-23-22(24(31)26(33)28(25(23)32)37-38-34)20(40)9-4-6-12-43-14-16-44-15-13-42-11-5-3-8-18(39)7-1-2-10-21-27-19(17-45-21)35-29(41)36-27/h19,21,27,34H,1-17H2,(H-,35,36,41)/p+1. The van der Waals surface area contributed by atoms with E-state index in [9.17, 15) is 31.9 Å². The Morgan fingerprint density at radius 1 is 0.800 bits per heavy atom. The molecule has 3 atom stereocenters. The highest BCUT2D eigenvalue weighted by atomic mass is 32.2. The van der Waals surface area contributed by atoms with Gasteiger partial charge >= 0.3 is 6.03 Å². The molecule has 0 radical (unpaired) electrons. The quantitative estimate of drug-likeness (QED) is 0.0274. The maximum Gasteiger partial charge on any atom is 0.315 e. The number of urea groups is 1. The molecule has 3 unspecified atom stereocenters. The second-order valence-electron chi connectivity index (χ2n) is 10.8. The number of carbonyl (C=O) groups excluding carboxylic acids is 3. The van der Waals surface area contributed by atoms with Crippen LogP contribution in [0.15, 0.2) is 5.11 Å². The zero-order valence-corrected chi connectivity index (χ0v) is 25.8. The number of ether oxygens (including phenoxy) is 3. The lowest BCUT2D eigenvalue weighted by Gasteiger charge is -2.16. The van der Waals surface area contributed by atoms with E-state index in [0.29, 0.717) is 50.9 Å². The van der Waals surface area contributed by atoms with Gasteiger partial charge in [-0.1, -0.05) is 6.42 Å². The number of carbonyl (C=O) groups is 3. The van der Waals surface area contributed by atoms with Crippen LogP contribution in [0.3, 0.4) is 0 Å². The van der Waals surface area contributed by atoms with Crippen molar-refractivity contribution < 1.29 is 46.2 Å². The van der Waals surface area contributed by atoms with Crippen molar-refractivity contribution in [2.75, 3.05) is 45.4 Å². The third-order valence-electron chi connectivity index (χ3n) is 7.48. The van der Waals surface area contributed by atoms with Crippen LogP contribution in [0, 0.1) is 28.8 Å². The van der Waals surface area contributed by atoms with Crippen LogP contribution in [0.1, 0.15) is 74.6 Å². The normalized spacial score (nSPS) is 18.8. The Morgan fingerprint density at radius 2 is 1.36 bits per heavy atom. The first-order valence-electron chi connectivity index (χ1n) is 15.1. The van der Waals surface area contributed by atoms with E-state index in [0.717, 1.165) is 37.9 Å². The van der Waals surface area contributed by atoms with E-state index in [4.69, 9.17) is 19.7 Å². The largest absolute Gasteiger partial charge is 0.379 e. The van der Waals surface area contributed by atoms with E-state index in [1.54, 1.807) is 0 Å². The van der Waals surface area contributed by atoms with Gasteiger partial charge in [-0.15, -0.1) is 0 Å². The van der Waals surface area contributed by atoms with Crippen LogP contribution in [-0.2, 0) is 19.0 Å². The lowest BCUT2D eigenvalue weighted by atomic mass is 10.0. The highest BCUT2D eigenvalue weighted by Gasteiger charge is 2.42. The summed E-state index contributed by atoms with van der Waals surface area (Å²) in [6, 6.07) is 0.361. The van der Waals surface area contributed by atoms with Gasteiger partial charge in [-0.05, 0) is 38.5 Å². The van der Waals surface area contributed by atoms with E-state index < -0.39 is 40.3 Å². The zero-order chi connectivity index (χ0) is 32.6. The van der Waals surface area contributed by atoms with Gasteiger partial charge in [-0.3, -0.25) is 9.59 Å². The lowest BCUT2D eigenvalue weighted by Crippen LogP contribution is -2.36. The van der Waals surface area contributed by atoms with Crippen LogP contribution in [0.2, 0.25) is 0 Å². The predicted molar refractivity (Wildman–Crippen MR) is 157 cm³/mol. The van der Waals surface area contributed by atoms with Crippen molar-refractivity contribution >= 4 is 35.0 Å². The monoisotopic (exact) mass is 662 g/mol. The SMILES string of the molecule is N=[N+]=Nc1c(F)c(F)c(C(=O)CCCCOCCOCCOCCCCC(=O)CCCCC2SCC3NC(=O)NC32)c(F)c1F. The molecule has 0 bridgehead atoms. The summed E-state index contributed by atoms with van der Waals surface area (Å²) in [5.41, 5.74) is 3.75. The molecular weight excluding hydrogens is 622 g/mol. The Labute approximate surface area is 263 Å². The molecule has 1 aromatic carbocycles. The summed E-state index contributed by atoms with van der Waals surface area (Å²) < 4.78 is 72.2. The fourth-order valence-corrected chi connectivity index (χ4v) is 6.66. The van der Waals surface area contributed by atoms with E-state index in [2.05, 4.69) is 20.7 Å². The van der Waals surface area contributed by atoms with Crippen LogP contribution in [-0.4, -0.2) is 80.3 Å².